The van der Waals surface area contributed by atoms with Gasteiger partial charge >= 0.3 is 0 Å². The van der Waals surface area contributed by atoms with Crippen LogP contribution in [0.15, 0.2) is 22.7 Å². The van der Waals surface area contributed by atoms with E-state index in [1.807, 2.05) is 6.07 Å². The average molecular weight is 326 g/mol. The molecule has 5 heteroatoms. The predicted molar refractivity (Wildman–Crippen MR) is 81.1 cm³/mol. The summed E-state index contributed by atoms with van der Waals surface area (Å²) in [6.07, 6.45) is -0.414. The van der Waals surface area contributed by atoms with Crippen LogP contribution < -0.4 is 5.32 Å². The monoisotopic (exact) mass is 325 g/mol. The Morgan fingerprint density at radius 1 is 1.42 bits per heavy atom. The standard InChI is InChI=1S/C14H20BrN3O/c1-3-18(4-2)10-12(19)9-17-14-6-5-11(8-16)7-13(14)15/h5-7,12,17,19H,3-4,9-10H2,1-2H3. The molecule has 1 aromatic carbocycles. The van der Waals surface area contributed by atoms with Crippen LogP contribution in [0.4, 0.5) is 5.69 Å². The Morgan fingerprint density at radius 2 is 2.11 bits per heavy atom. The summed E-state index contributed by atoms with van der Waals surface area (Å²) < 4.78 is 0.835. The van der Waals surface area contributed by atoms with Crippen molar-refractivity contribution in [1.29, 1.82) is 5.26 Å². The Bertz CT molecular complexity index is 441. The van der Waals surface area contributed by atoms with E-state index in [1.165, 1.54) is 0 Å². The molecule has 0 saturated carbocycles. The molecule has 0 aliphatic rings. The summed E-state index contributed by atoms with van der Waals surface area (Å²) in [6.45, 7) is 7.19. The van der Waals surface area contributed by atoms with Gasteiger partial charge in [-0.3, -0.25) is 0 Å². The highest BCUT2D eigenvalue weighted by atomic mass is 79.9. The van der Waals surface area contributed by atoms with Gasteiger partial charge in [0.15, 0.2) is 0 Å². The summed E-state index contributed by atoms with van der Waals surface area (Å²) in [5.74, 6) is 0. The Labute approximate surface area is 123 Å². The van der Waals surface area contributed by atoms with Crippen LogP contribution in [0.2, 0.25) is 0 Å². The van der Waals surface area contributed by atoms with Gasteiger partial charge in [0, 0.05) is 23.2 Å². The lowest BCUT2D eigenvalue weighted by molar-refractivity contribution is 0.128. The highest BCUT2D eigenvalue weighted by Gasteiger charge is 2.09. The van der Waals surface area contributed by atoms with Gasteiger partial charge in [-0.15, -0.1) is 0 Å². The van der Waals surface area contributed by atoms with E-state index in [-0.39, 0.29) is 0 Å². The minimum Gasteiger partial charge on any atom is -0.390 e. The maximum absolute atomic E-state index is 9.96. The van der Waals surface area contributed by atoms with E-state index < -0.39 is 6.10 Å². The Hall–Kier alpha value is -1.09. The number of hydrogen-bond donors (Lipinski definition) is 2. The lowest BCUT2D eigenvalue weighted by atomic mass is 10.2. The van der Waals surface area contributed by atoms with Crippen molar-refractivity contribution in [3.63, 3.8) is 0 Å². The van der Waals surface area contributed by atoms with Crippen molar-refractivity contribution in [2.45, 2.75) is 20.0 Å². The van der Waals surface area contributed by atoms with Gasteiger partial charge in [-0.1, -0.05) is 13.8 Å². The van der Waals surface area contributed by atoms with Crippen LogP contribution in [-0.2, 0) is 0 Å². The van der Waals surface area contributed by atoms with Crippen LogP contribution in [0, 0.1) is 11.3 Å². The molecule has 104 valence electrons. The van der Waals surface area contributed by atoms with Crippen molar-refractivity contribution in [2.75, 3.05) is 31.5 Å². The van der Waals surface area contributed by atoms with Gasteiger partial charge in [0.2, 0.25) is 0 Å². The van der Waals surface area contributed by atoms with Crippen LogP contribution in [0.1, 0.15) is 19.4 Å². The molecule has 1 aromatic rings. The zero-order valence-corrected chi connectivity index (χ0v) is 12.9. The molecule has 0 amide bonds. The molecular weight excluding hydrogens is 306 g/mol. The molecule has 4 nitrogen and oxygen atoms in total. The van der Waals surface area contributed by atoms with Crippen LogP contribution in [-0.4, -0.2) is 42.3 Å². The van der Waals surface area contributed by atoms with Gasteiger partial charge in [-0.05, 0) is 47.2 Å². The summed E-state index contributed by atoms with van der Waals surface area (Å²) in [4.78, 5) is 2.18. The lowest BCUT2D eigenvalue weighted by Gasteiger charge is -2.22. The van der Waals surface area contributed by atoms with Crippen molar-refractivity contribution in [3.8, 4) is 6.07 Å². The number of nitrogens with one attached hydrogen (secondary N) is 1. The van der Waals surface area contributed by atoms with Crippen LogP contribution in [0.3, 0.4) is 0 Å². The number of halogens is 1. The molecule has 0 fully saturated rings. The maximum Gasteiger partial charge on any atom is 0.0992 e. The number of likely N-dealkylation sites (N-methyl/N-ethyl adjacent to an activating group) is 1. The molecule has 0 spiro atoms. The maximum atomic E-state index is 9.96. The molecule has 2 N–H and O–H groups in total. The fourth-order valence-electron chi connectivity index (χ4n) is 1.80. The second-order valence-corrected chi connectivity index (χ2v) is 5.18. The van der Waals surface area contributed by atoms with Gasteiger partial charge in [-0.25, -0.2) is 0 Å². The van der Waals surface area contributed by atoms with Crippen molar-refractivity contribution in [2.24, 2.45) is 0 Å². The number of benzene rings is 1. The Balaban J connectivity index is 2.50. The van der Waals surface area contributed by atoms with E-state index in [9.17, 15) is 5.11 Å². The van der Waals surface area contributed by atoms with E-state index in [1.54, 1.807) is 12.1 Å². The van der Waals surface area contributed by atoms with Crippen molar-refractivity contribution >= 4 is 21.6 Å². The topological polar surface area (TPSA) is 59.3 Å². The zero-order valence-electron chi connectivity index (χ0n) is 11.4. The minimum absolute atomic E-state index is 0.414. The number of hydrogen-bond acceptors (Lipinski definition) is 4. The fourth-order valence-corrected chi connectivity index (χ4v) is 2.32. The SMILES string of the molecule is CCN(CC)CC(O)CNc1ccc(C#N)cc1Br. The fraction of sp³-hybridized carbons (Fsp3) is 0.500. The van der Waals surface area contributed by atoms with Crippen molar-refractivity contribution in [3.05, 3.63) is 28.2 Å². The van der Waals surface area contributed by atoms with E-state index in [4.69, 9.17) is 5.26 Å². The first-order valence-electron chi connectivity index (χ1n) is 6.44. The first-order chi connectivity index (χ1) is 9.10. The van der Waals surface area contributed by atoms with Crippen LogP contribution >= 0.6 is 15.9 Å². The second-order valence-electron chi connectivity index (χ2n) is 4.33. The molecule has 19 heavy (non-hydrogen) atoms. The van der Waals surface area contributed by atoms with Gasteiger partial charge in [0.1, 0.15) is 0 Å². The Kier molecular flexibility index (Phi) is 6.85. The normalized spacial score (nSPS) is 12.2. The number of nitrogens with zero attached hydrogens (tertiary/aromatic N) is 2. The molecule has 0 saturated heterocycles. The number of anilines is 1. The second kappa shape index (κ2) is 8.16. The minimum atomic E-state index is -0.414. The van der Waals surface area contributed by atoms with E-state index in [2.05, 4.69) is 46.1 Å². The molecular formula is C14H20BrN3O. The lowest BCUT2D eigenvalue weighted by Crippen LogP contribution is -2.35. The smallest absolute Gasteiger partial charge is 0.0992 e. The number of aliphatic hydroxyl groups is 1. The molecule has 0 bridgehead atoms. The average Bonchev–Trinajstić information content (AvgIpc) is 2.43. The first kappa shape index (κ1) is 16.0. The predicted octanol–water partition coefficient (Wildman–Crippen LogP) is 2.44. The third-order valence-electron chi connectivity index (χ3n) is 2.99. The summed E-state index contributed by atoms with van der Waals surface area (Å²) >= 11 is 3.41. The van der Waals surface area contributed by atoms with Gasteiger partial charge in [0.25, 0.3) is 0 Å². The molecule has 1 unspecified atom stereocenters. The molecule has 0 heterocycles. The van der Waals surface area contributed by atoms with Crippen molar-refractivity contribution < 1.29 is 5.11 Å². The summed E-state index contributed by atoms with van der Waals surface area (Å²) in [6, 6.07) is 7.44. The molecule has 1 atom stereocenters. The summed E-state index contributed by atoms with van der Waals surface area (Å²) in [5, 5.41) is 21.9. The van der Waals surface area contributed by atoms with Crippen LogP contribution in [0.25, 0.3) is 0 Å². The molecule has 0 aromatic heterocycles. The highest BCUT2D eigenvalue weighted by Crippen LogP contribution is 2.23. The quantitative estimate of drug-likeness (QED) is 0.808. The Morgan fingerprint density at radius 3 is 2.63 bits per heavy atom. The van der Waals surface area contributed by atoms with E-state index in [0.29, 0.717) is 18.7 Å². The van der Waals surface area contributed by atoms with Gasteiger partial charge in [0.05, 0.1) is 17.7 Å². The molecule has 0 radical (unpaired) electrons. The number of aliphatic hydroxyl groups excluding tert-OH is 1. The number of nitriles is 1. The van der Waals surface area contributed by atoms with E-state index >= 15 is 0 Å². The largest absolute Gasteiger partial charge is 0.390 e. The highest BCUT2D eigenvalue weighted by molar-refractivity contribution is 9.10. The zero-order chi connectivity index (χ0) is 14.3. The summed E-state index contributed by atoms with van der Waals surface area (Å²) in [7, 11) is 0. The van der Waals surface area contributed by atoms with E-state index in [0.717, 1.165) is 23.2 Å². The first-order valence-corrected chi connectivity index (χ1v) is 7.23. The number of rotatable bonds is 7. The van der Waals surface area contributed by atoms with Crippen LogP contribution in [0.5, 0.6) is 0 Å². The molecule has 0 aliphatic heterocycles. The van der Waals surface area contributed by atoms with Gasteiger partial charge in [-0.2, -0.15) is 5.26 Å². The third-order valence-corrected chi connectivity index (χ3v) is 3.65. The third kappa shape index (κ3) is 5.19. The van der Waals surface area contributed by atoms with Gasteiger partial charge < -0.3 is 15.3 Å². The van der Waals surface area contributed by atoms with Crippen molar-refractivity contribution in [1.82, 2.24) is 4.90 Å². The molecule has 0 aliphatic carbocycles. The summed E-state index contributed by atoms with van der Waals surface area (Å²) in [5.41, 5.74) is 1.50. The molecule has 1 rings (SSSR count).